The van der Waals surface area contributed by atoms with Gasteiger partial charge in [0, 0.05) is 32.6 Å². The van der Waals surface area contributed by atoms with Crippen molar-refractivity contribution in [3.05, 3.63) is 59.7 Å². The number of amides is 1. The van der Waals surface area contributed by atoms with Crippen molar-refractivity contribution in [3.63, 3.8) is 0 Å². The van der Waals surface area contributed by atoms with Crippen LogP contribution >= 0.6 is 0 Å². The summed E-state index contributed by atoms with van der Waals surface area (Å²) in [5, 5.41) is 3.17. The average Bonchev–Trinajstić information content (AvgIpc) is 2.62. The second kappa shape index (κ2) is 9.15. The highest BCUT2D eigenvalue weighted by Gasteiger charge is 2.12. The van der Waals surface area contributed by atoms with Gasteiger partial charge in [0.05, 0.1) is 6.61 Å². The molecule has 26 heavy (non-hydrogen) atoms. The van der Waals surface area contributed by atoms with Crippen molar-refractivity contribution in [2.45, 2.75) is 12.5 Å². The molecule has 0 radical (unpaired) electrons. The van der Waals surface area contributed by atoms with E-state index in [9.17, 15) is 13.6 Å². The molecule has 1 amide bonds. The zero-order valence-electron chi connectivity index (χ0n) is 15.0. The summed E-state index contributed by atoms with van der Waals surface area (Å²) in [6.45, 7) is 0.327. The van der Waals surface area contributed by atoms with Crippen molar-refractivity contribution in [3.8, 4) is 11.5 Å². The summed E-state index contributed by atoms with van der Waals surface area (Å²) >= 11 is 0. The molecule has 0 aromatic heterocycles. The summed E-state index contributed by atoms with van der Waals surface area (Å²) < 4.78 is 36.7. The van der Waals surface area contributed by atoms with Gasteiger partial charge < -0.3 is 19.7 Å². The Morgan fingerprint density at radius 1 is 1.08 bits per heavy atom. The number of carbonyl (C=O) groups is 1. The molecule has 0 fully saturated rings. The number of nitrogens with zero attached hydrogens (tertiary/aromatic N) is 1. The molecule has 0 saturated heterocycles. The Balaban J connectivity index is 1.91. The van der Waals surface area contributed by atoms with Crippen molar-refractivity contribution in [2.75, 3.05) is 27.7 Å². The predicted molar refractivity (Wildman–Crippen MR) is 94.4 cm³/mol. The molecular weight excluding hydrogens is 342 g/mol. The van der Waals surface area contributed by atoms with Gasteiger partial charge in [-0.25, -0.2) is 13.6 Å². The third kappa shape index (κ3) is 5.42. The first-order chi connectivity index (χ1) is 12.4. The van der Waals surface area contributed by atoms with E-state index in [1.165, 1.54) is 11.0 Å². The van der Waals surface area contributed by atoms with Gasteiger partial charge in [-0.05, 0) is 36.9 Å². The quantitative estimate of drug-likeness (QED) is 0.813. The molecule has 7 heteroatoms. The maximum Gasteiger partial charge on any atom is 0.414 e. The molecule has 0 aliphatic heterocycles. The highest BCUT2D eigenvalue weighted by atomic mass is 19.2. The van der Waals surface area contributed by atoms with E-state index in [-0.39, 0.29) is 11.8 Å². The van der Waals surface area contributed by atoms with Gasteiger partial charge in [-0.3, -0.25) is 0 Å². The van der Waals surface area contributed by atoms with E-state index in [1.54, 1.807) is 26.2 Å². The van der Waals surface area contributed by atoms with Crippen LogP contribution in [0.15, 0.2) is 42.5 Å². The molecule has 1 N–H and O–H groups in total. The molecule has 1 atom stereocenters. The van der Waals surface area contributed by atoms with Crippen molar-refractivity contribution in [2.24, 2.45) is 0 Å². The lowest BCUT2D eigenvalue weighted by atomic mass is 10.0. The maximum atomic E-state index is 13.2. The summed E-state index contributed by atoms with van der Waals surface area (Å²) in [6, 6.07) is 10.6. The van der Waals surface area contributed by atoms with Crippen LogP contribution in [0, 0.1) is 11.6 Å². The number of rotatable bonds is 7. The molecule has 0 aliphatic carbocycles. The van der Waals surface area contributed by atoms with Crippen LogP contribution in [-0.2, 0) is 0 Å². The number of ether oxygens (including phenoxy) is 2. The molecule has 0 bridgehead atoms. The standard InChI is InChI=1S/C19H22F2N2O3/c1-22-18(10-11-25-15-8-9-16(20)17(21)12-15)13-4-6-14(7-5-13)26-19(24)23(2)3/h4-9,12,18,22H,10-11H2,1-3H3/t18-/m0/s1. The molecule has 2 aromatic rings. The first-order valence-electron chi connectivity index (χ1n) is 8.15. The number of nitrogens with one attached hydrogen (secondary N) is 1. The first-order valence-corrected chi connectivity index (χ1v) is 8.15. The molecule has 0 unspecified atom stereocenters. The number of hydrogen-bond donors (Lipinski definition) is 1. The molecule has 0 aliphatic rings. The minimum atomic E-state index is -0.935. The van der Waals surface area contributed by atoms with E-state index in [0.717, 1.165) is 17.7 Å². The van der Waals surface area contributed by atoms with Crippen LogP contribution in [0.4, 0.5) is 13.6 Å². The van der Waals surface area contributed by atoms with E-state index >= 15 is 0 Å². The molecule has 0 heterocycles. The summed E-state index contributed by atoms with van der Waals surface area (Å²) in [4.78, 5) is 12.9. The van der Waals surface area contributed by atoms with Crippen molar-refractivity contribution in [1.82, 2.24) is 10.2 Å². The highest BCUT2D eigenvalue weighted by molar-refractivity contribution is 5.69. The van der Waals surface area contributed by atoms with Gasteiger partial charge in [0.1, 0.15) is 11.5 Å². The van der Waals surface area contributed by atoms with Gasteiger partial charge in [0.25, 0.3) is 0 Å². The fourth-order valence-corrected chi connectivity index (χ4v) is 2.30. The van der Waals surface area contributed by atoms with Crippen molar-refractivity contribution in [1.29, 1.82) is 0 Å². The molecule has 5 nitrogen and oxygen atoms in total. The normalized spacial score (nSPS) is 11.7. The largest absolute Gasteiger partial charge is 0.493 e. The van der Waals surface area contributed by atoms with Crippen LogP contribution in [0.1, 0.15) is 18.0 Å². The van der Waals surface area contributed by atoms with Gasteiger partial charge in [0.15, 0.2) is 11.6 Å². The minimum absolute atomic E-state index is 0.00102. The number of halogens is 2. The molecule has 2 rings (SSSR count). The molecular formula is C19H22F2N2O3. The number of benzene rings is 2. The minimum Gasteiger partial charge on any atom is -0.493 e. The zero-order valence-corrected chi connectivity index (χ0v) is 15.0. The average molecular weight is 364 g/mol. The summed E-state index contributed by atoms with van der Waals surface area (Å²) in [5.74, 6) is -1.10. The fraction of sp³-hybridized carbons (Fsp3) is 0.316. The molecule has 140 valence electrons. The summed E-state index contributed by atoms with van der Waals surface area (Å²) in [7, 11) is 5.05. The first kappa shape index (κ1) is 19.7. The van der Waals surface area contributed by atoms with E-state index in [1.807, 2.05) is 19.2 Å². The Bertz CT molecular complexity index is 736. The SMILES string of the molecule is CN[C@@H](CCOc1ccc(F)c(F)c1)c1ccc(OC(=O)N(C)C)cc1. The van der Waals surface area contributed by atoms with Gasteiger partial charge >= 0.3 is 6.09 Å². The Morgan fingerprint density at radius 2 is 1.73 bits per heavy atom. The third-order valence-electron chi connectivity index (χ3n) is 3.77. The lowest BCUT2D eigenvalue weighted by molar-refractivity contribution is 0.172. The van der Waals surface area contributed by atoms with Crippen LogP contribution in [0.25, 0.3) is 0 Å². The Labute approximate surface area is 151 Å². The Morgan fingerprint density at radius 3 is 2.31 bits per heavy atom. The van der Waals surface area contributed by atoms with E-state index < -0.39 is 17.7 Å². The van der Waals surface area contributed by atoms with Crippen molar-refractivity contribution < 1.29 is 23.0 Å². The second-order valence-corrected chi connectivity index (χ2v) is 5.89. The third-order valence-corrected chi connectivity index (χ3v) is 3.77. The fourth-order valence-electron chi connectivity index (χ4n) is 2.30. The monoisotopic (exact) mass is 364 g/mol. The maximum absolute atomic E-state index is 13.2. The van der Waals surface area contributed by atoms with Crippen LogP contribution in [0.5, 0.6) is 11.5 Å². The van der Waals surface area contributed by atoms with Gasteiger partial charge in [-0.1, -0.05) is 12.1 Å². The predicted octanol–water partition coefficient (Wildman–Crippen LogP) is 3.75. The van der Waals surface area contributed by atoms with Crippen molar-refractivity contribution >= 4 is 6.09 Å². The molecule has 0 saturated carbocycles. The van der Waals surface area contributed by atoms with Gasteiger partial charge in [-0.2, -0.15) is 0 Å². The number of carbonyl (C=O) groups excluding carboxylic acids is 1. The van der Waals surface area contributed by atoms with Crippen LogP contribution in [0.2, 0.25) is 0 Å². The lowest BCUT2D eigenvalue weighted by Gasteiger charge is -2.18. The van der Waals surface area contributed by atoms with E-state index in [0.29, 0.717) is 18.8 Å². The molecule has 2 aromatic carbocycles. The Hall–Kier alpha value is -2.67. The van der Waals surface area contributed by atoms with E-state index in [4.69, 9.17) is 9.47 Å². The summed E-state index contributed by atoms with van der Waals surface area (Å²) in [5.41, 5.74) is 0.992. The second-order valence-electron chi connectivity index (χ2n) is 5.89. The summed E-state index contributed by atoms with van der Waals surface area (Å²) in [6.07, 6.45) is 0.176. The Kier molecular flexibility index (Phi) is 6.91. The van der Waals surface area contributed by atoms with Gasteiger partial charge in [-0.15, -0.1) is 0 Å². The van der Waals surface area contributed by atoms with Crippen LogP contribution < -0.4 is 14.8 Å². The lowest BCUT2D eigenvalue weighted by Crippen LogP contribution is -2.25. The molecule has 0 spiro atoms. The topological polar surface area (TPSA) is 50.8 Å². The number of hydrogen-bond acceptors (Lipinski definition) is 4. The zero-order chi connectivity index (χ0) is 19.1. The highest BCUT2D eigenvalue weighted by Crippen LogP contribution is 2.22. The van der Waals surface area contributed by atoms with E-state index in [2.05, 4.69) is 5.32 Å². The van der Waals surface area contributed by atoms with Gasteiger partial charge in [0.2, 0.25) is 0 Å². The van der Waals surface area contributed by atoms with Crippen LogP contribution in [0.3, 0.4) is 0 Å². The van der Waals surface area contributed by atoms with Crippen LogP contribution in [-0.4, -0.2) is 38.7 Å². The smallest absolute Gasteiger partial charge is 0.414 e.